The second kappa shape index (κ2) is 11.8. The summed E-state index contributed by atoms with van der Waals surface area (Å²) in [5.41, 5.74) is 5.33. The molecule has 31 heavy (non-hydrogen) atoms. The van der Waals surface area contributed by atoms with Gasteiger partial charge in [-0.2, -0.15) is 0 Å². The van der Waals surface area contributed by atoms with Crippen molar-refractivity contribution >= 4 is 17.8 Å². The Balaban J connectivity index is 1.38. The van der Waals surface area contributed by atoms with E-state index in [1.54, 1.807) is 12.1 Å². The van der Waals surface area contributed by atoms with Crippen LogP contribution in [0.1, 0.15) is 40.9 Å². The van der Waals surface area contributed by atoms with Gasteiger partial charge >= 0.3 is 0 Å². The van der Waals surface area contributed by atoms with E-state index < -0.39 is 4.92 Å². The van der Waals surface area contributed by atoms with E-state index in [4.69, 9.17) is 4.74 Å². The van der Waals surface area contributed by atoms with Crippen molar-refractivity contribution in [3.8, 4) is 0 Å². The number of benzene rings is 2. The van der Waals surface area contributed by atoms with Crippen LogP contribution in [0.25, 0.3) is 12.2 Å². The summed E-state index contributed by atoms with van der Waals surface area (Å²) >= 11 is 0. The van der Waals surface area contributed by atoms with Crippen molar-refractivity contribution in [1.29, 1.82) is 0 Å². The molecule has 1 heterocycles. The Morgan fingerprint density at radius 2 is 1.74 bits per heavy atom. The first-order valence-electron chi connectivity index (χ1n) is 10.6. The quantitative estimate of drug-likeness (QED) is 0.217. The number of hydrogen-bond donors (Lipinski definition) is 0. The van der Waals surface area contributed by atoms with Crippen molar-refractivity contribution in [1.82, 2.24) is 4.98 Å². The molecule has 0 atom stereocenters. The number of pyridine rings is 1. The highest BCUT2D eigenvalue weighted by atomic mass is 16.6. The maximum atomic E-state index is 10.9. The second-order valence-electron chi connectivity index (χ2n) is 7.54. The van der Waals surface area contributed by atoms with E-state index >= 15 is 0 Å². The number of non-ortho nitro benzene ring substituents is 1. The number of aryl methyl sites for hydroxylation is 2. The van der Waals surface area contributed by atoms with Gasteiger partial charge in [-0.15, -0.1) is 0 Å². The van der Waals surface area contributed by atoms with E-state index in [1.165, 1.54) is 17.2 Å². The molecule has 5 nitrogen and oxygen atoms in total. The standard InChI is InChI=1S/C26H28N2O3/c1-21-11-13-22(14-12-21)6-2-3-18-31-19-17-25-9-5-8-24(27-25)16-15-23-7-4-10-26(20-23)28(29)30/h4-5,7-16,20H,2-3,6,17-19H2,1H3. The minimum Gasteiger partial charge on any atom is -0.381 e. The molecule has 2 aromatic carbocycles. The van der Waals surface area contributed by atoms with E-state index in [-0.39, 0.29) is 5.69 Å². The predicted molar refractivity (Wildman–Crippen MR) is 125 cm³/mol. The fourth-order valence-corrected chi connectivity index (χ4v) is 3.22. The minimum absolute atomic E-state index is 0.0832. The lowest BCUT2D eigenvalue weighted by atomic mass is 10.1. The smallest absolute Gasteiger partial charge is 0.270 e. The maximum absolute atomic E-state index is 10.9. The summed E-state index contributed by atoms with van der Waals surface area (Å²) in [7, 11) is 0. The second-order valence-corrected chi connectivity index (χ2v) is 7.54. The zero-order valence-electron chi connectivity index (χ0n) is 17.9. The molecule has 0 saturated heterocycles. The highest BCUT2D eigenvalue weighted by Crippen LogP contribution is 2.15. The lowest BCUT2D eigenvalue weighted by Gasteiger charge is -2.05. The molecule has 0 aliphatic carbocycles. The fourth-order valence-electron chi connectivity index (χ4n) is 3.22. The van der Waals surface area contributed by atoms with E-state index in [0.29, 0.717) is 6.61 Å². The van der Waals surface area contributed by atoms with Gasteiger partial charge in [0.15, 0.2) is 0 Å². The third-order valence-corrected chi connectivity index (χ3v) is 4.98. The van der Waals surface area contributed by atoms with Crippen molar-refractivity contribution in [3.05, 3.63) is 105 Å². The third kappa shape index (κ3) is 7.79. The Hall–Kier alpha value is -3.31. The van der Waals surface area contributed by atoms with Gasteiger partial charge in [-0.25, -0.2) is 0 Å². The Kier molecular flexibility index (Phi) is 8.49. The minimum atomic E-state index is -0.390. The molecule has 0 amide bonds. The number of hydrogen-bond acceptors (Lipinski definition) is 4. The number of nitro benzene ring substituents is 1. The van der Waals surface area contributed by atoms with Gasteiger partial charge < -0.3 is 4.74 Å². The summed E-state index contributed by atoms with van der Waals surface area (Å²) < 4.78 is 5.78. The molecule has 0 bridgehead atoms. The average molecular weight is 417 g/mol. The first kappa shape index (κ1) is 22.4. The lowest BCUT2D eigenvalue weighted by molar-refractivity contribution is -0.384. The molecule has 5 heteroatoms. The summed E-state index contributed by atoms with van der Waals surface area (Å²) in [5, 5.41) is 10.9. The summed E-state index contributed by atoms with van der Waals surface area (Å²) in [5.74, 6) is 0. The number of nitrogens with zero attached hydrogens (tertiary/aromatic N) is 2. The number of aromatic nitrogens is 1. The monoisotopic (exact) mass is 416 g/mol. The van der Waals surface area contributed by atoms with Gasteiger partial charge in [-0.3, -0.25) is 15.1 Å². The topological polar surface area (TPSA) is 65.3 Å². The van der Waals surface area contributed by atoms with Crippen molar-refractivity contribution in [2.75, 3.05) is 13.2 Å². The van der Waals surface area contributed by atoms with Crippen LogP contribution >= 0.6 is 0 Å². The predicted octanol–water partition coefficient (Wildman–Crippen LogP) is 6.05. The van der Waals surface area contributed by atoms with Gasteiger partial charge in [-0.05, 0) is 55.5 Å². The molecule has 0 aliphatic rings. The van der Waals surface area contributed by atoms with Crippen LogP contribution in [0.2, 0.25) is 0 Å². The molecule has 3 rings (SSSR count). The van der Waals surface area contributed by atoms with Gasteiger partial charge in [-0.1, -0.05) is 54.1 Å². The van der Waals surface area contributed by atoms with Gasteiger partial charge in [0.1, 0.15) is 0 Å². The number of rotatable bonds is 11. The Morgan fingerprint density at radius 1 is 0.935 bits per heavy atom. The summed E-state index contributed by atoms with van der Waals surface area (Å²) in [6.45, 7) is 3.52. The van der Waals surface area contributed by atoms with Crippen molar-refractivity contribution in [2.24, 2.45) is 0 Å². The van der Waals surface area contributed by atoms with Crippen LogP contribution in [0, 0.1) is 17.0 Å². The molecule has 1 aromatic heterocycles. The molecule has 0 unspecified atom stereocenters. The van der Waals surface area contributed by atoms with Crippen LogP contribution in [0.4, 0.5) is 5.69 Å². The molecule has 0 N–H and O–H groups in total. The molecule has 0 saturated carbocycles. The van der Waals surface area contributed by atoms with Gasteiger partial charge in [0.05, 0.1) is 17.2 Å². The largest absolute Gasteiger partial charge is 0.381 e. The zero-order chi connectivity index (χ0) is 21.9. The van der Waals surface area contributed by atoms with Crippen LogP contribution in [0.5, 0.6) is 0 Å². The number of unbranched alkanes of at least 4 members (excludes halogenated alkanes) is 1. The van der Waals surface area contributed by atoms with Crippen LogP contribution in [-0.2, 0) is 17.6 Å². The van der Waals surface area contributed by atoms with Crippen LogP contribution in [0.15, 0.2) is 66.7 Å². The first-order valence-corrected chi connectivity index (χ1v) is 10.6. The van der Waals surface area contributed by atoms with E-state index in [2.05, 4.69) is 36.2 Å². The maximum Gasteiger partial charge on any atom is 0.270 e. The number of nitro groups is 1. The fraction of sp³-hybridized carbons (Fsp3) is 0.269. The normalized spacial score (nSPS) is 11.1. The highest BCUT2D eigenvalue weighted by Gasteiger charge is 2.04. The van der Waals surface area contributed by atoms with Crippen molar-refractivity contribution < 1.29 is 9.66 Å². The van der Waals surface area contributed by atoms with E-state index in [0.717, 1.165) is 49.2 Å². The Morgan fingerprint density at radius 3 is 2.55 bits per heavy atom. The van der Waals surface area contributed by atoms with E-state index in [1.807, 2.05) is 36.4 Å². The molecular weight excluding hydrogens is 388 g/mol. The Labute approximate surface area is 183 Å². The lowest BCUT2D eigenvalue weighted by Crippen LogP contribution is -2.02. The molecular formula is C26H28N2O3. The van der Waals surface area contributed by atoms with Gasteiger partial charge in [0.2, 0.25) is 0 Å². The van der Waals surface area contributed by atoms with E-state index in [9.17, 15) is 10.1 Å². The van der Waals surface area contributed by atoms with Crippen molar-refractivity contribution in [2.45, 2.75) is 32.6 Å². The van der Waals surface area contributed by atoms with Gasteiger partial charge in [0.25, 0.3) is 5.69 Å². The van der Waals surface area contributed by atoms with Gasteiger partial charge in [0, 0.05) is 30.9 Å². The van der Waals surface area contributed by atoms with Crippen molar-refractivity contribution in [3.63, 3.8) is 0 Å². The summed E-state index contributed by atoms with van der Waals surface area (Å²) in [6, 6.07) is 21.1. The first-order chi connectivity index (χ1) is 15.1. The van der Waals surface area contributed by atoms with Crippen LogP contribution in [-0.4, -0.2) is 23.1 Å². The van der Waals surface area contributed by atoms with Crippen LogP contribution < -0.4 is 0 Å². The summed E-state index contributed by atoms with van der Waals surface area (Å²) in [6.07, 6.45) is 7.73. The molecule has 0 radical (unpaired) electrons. The average Bonchev–Trinajstić information content (AvgIpc) is 2.79. The summed E-state index contributed by atoms with van der Waals surface area (Å²) in [4.78, 5) is 15.1. The molecule has 0 fully saturated rings. The van der Waals surface area contributed by atoms with Crippen LogP contribution in [0.3, 0.4) is 0 Å². The number of ether oxygens (including phenoxy) is 1. The molecule has 0 spiro atoms. The molecule has 3 aromatic rings. The molecule has 0 aliphatic heterocycles. The Bertz CT molecular complexity index is 1010. The zero-order valence-corrected chi connectivity index (χ0v) is 17.9. The highest BCUT2D eigenvalue weighted by molar-refractivity contribution is 5.69. The molecule has 160 valence electrons. The SMILES string of the molecule is Cc1ccc(CCCCOCCc2cccc(C=Cc3cccc([N+](=O)[O-])c3)n2)cc1. The third-order valence-electron chi connectivity index (χ3n) is 4.98.